The molecule has 2 aromatic rings. The molecule has 0 bridgehead atoms. The van der Waals surface area contributed by atoms with Crippen molar-refractivity contribution >= 4 is 15.7 Å². The van der Waals surface area contributed by atoms with Crippen LogP contribution in [0.2, 0.25) is 0 Å². The molecule has 0 saturated carbocycles. The van der Waals surface area contributed by atoms with Gasteiger partial charge in [-0.05, 0) is 44.0 Å². The van der Waals surface area contributed by atoms with Gasteiger partial charge in [0.2, 0.25) is 10.0 Å². The normalized spacial score (nSPS) is 11.5. The largest absolute Gasteiger partial charge is 0.491 e. The lowest BCUT2D eigenvalue weighted by Crippen LogP contribution is -2.24. The zero-order chi connectivity index (χ0) is 18.6. The lowest BCUT2D eigenvalue weighted by molar-refractivity contribution is -0.385. The Balaban J connectivity index is 2.14. The molecule has 0 unspecified atom stereocenters. The zero-order valence-corrected chi connectivity index (χ0v) is 15.0. The number of ether oxygens (including phenoxy) is 1. The molecule has 1 N–H and O–H groups in total. The first kappa shape index (κ1) is 18.9. The van der Waals surface area contributed by atoms with Crippen molar-refractivity contribution in [2.45, 2.75) is 38.3 Å². The quantitative estimate of drug-likeness (QED) is 0.601. The molecule has 0 fully saturated rings. The van der Waals surface area contributed by atoms with Crippen molar-refractivity contribution in [3.8, 4) is 5.75 Å². The minimum Gasteiger partial charge on any atom is -0.491 e. The van der Waals surface area contributed by atoms with Crippen LogP contribution in [0.5, 0.6) is 5.75 Å². The third-order valence-corrected chi connectivity index (χ3v) is 4.98. The Hall–Kier alpha value is -2.45. The van der Waals surface area contributed by atoms with Gasteiger partial charge >= 0.3 is 0 Å². The van der Waals surface area contributed by atoms with Crippen molar-refractivity contribution in [1.29, 1.82) is 0 Å². The van der Waals surface area contributed by atoms with Crippen molar-refractivity contribution < 1.29 is 18.1 Å². The van der Waals surface area contributed by atoms with Crippen molar-refractivity contribution in [1.82, 2.24) is 4.72 Å². The number of benzene rings is 2. The maximum absolute atomic E-state index is 12.5. The second-order valence-corrected chi connectivity index (χ2v) is 7.58. The average molecular weight is 364 g/mol. The highest BCUT2D eigenvalue weighted by Gasteiger charge is 2.20. The third kappa shape index (κ3) is 5.01. The summed E-state index contributed by atoms with van der Waals surface area (Å²) in [5.41, 5.74) is 0.933. The highest BCUT2D eigenvalue weighted by molar-refractivity contribution is 7.89. The fraction of sp³-hybridized carbons (Fsp3) is 0.294. The summed E-state index contributed by atoms with van der Waals surface area (Å²) in [6.45, 7) is 5.51. The van der Waals surface area contributed by atoms with Crippen LogP contribution in [0.15, 0.2) is 47.4 Å². The number of nitrogens with zero attached hydrogens (tertiary/aromatic N) is 1. The molecule has 0 heterocycles. The fourth-order valence-corrected chi connectivity index (χ4v) is 3.49. The van der Waals surface area contributed by atoms with E-state index >= 15 is 0 Å². The lowest BCUT2D eigenvalue weighted by Gasteiger charge is -2.11. The van der Waals surface area contributed by atoms with Gasteiger partial charge in [0.15, 0.2) is 0 Å². The van der Waals surface area contributed by atoms with Crippen molar-refractivity contribution in [3.63, 3.8) is 0 Å². The number of aryl methyl sites for hydroxylation is 1. The summed E-state index contributed by atoms with van der Waals surface area (Å²) in [6, 6.07) is 10.8. The van der Waals surface area contributed by atoms with Crippen LogP contribution >= 0.6 is 0 Å². The van der Waals surface area contributed by atoms with Crippen LogP contribution in [-0.2, 0) is 16.6 Å². The maximum Gasteiger partial charge on any atom is 0.270 e. The van der Waals surface area contributed by atoms with Crippen molar-refractivity contribution in [2.24, 2.45) is 0 Å². The summed E-state index contributed by atoms with van der Waals surface area (Å²) < 4.78 is 32.9. The highest BCUT2D eigenvalue weighted by Crippen LogP contribution is 2.22. The summed E-state index contributed by atoms with van der Waals surface area (Å²) in [7, 11) is -3.86. The lowest BCUT2D eigenvalue weighted by atomic mass is 10.2. The van der Waals surface area contributed by atoms with Gasteiger partial charge in [0.05, 0.1) is 15.9 Å². The molecule has 8 heteroatoms. The van der Waals surface area contributed by atoms with Crippen LogP contribution in [0.25, 0.3) is 0 Å². The van der Waals surface area contributed by atoms with Gasteiger partial charge < -0.3 is 4.74 Å². The Labute approximate surface area is 146 Å². The summed E-state index contributed by atoms with van der Waals surface area (Å²) in [5, 5.41) is 10.9. The molecule has 134 valence electrons. The Morgan fingerprint density at radius 2 is 1.80 bits per heavy atom. The SMILES string of the molecule is Cc1ccc([N+](=O)[O-])cc1S(=O)(=O)NCc1ccc(OC(C)C)cc1. The van der Waals surface area contributed by atoms with Gasteiger partial charge in [-0.1, -0.05) is 18.2 Å². The third-order valence-electron chi connectivity index (χ3n) is 3.43. The number of nitro benzene ring substituents is 1. The van der Waals surface area contributed by atoms with Crippen LogP contribution < -0.4 is 9.46 Å². The Morgan fingerprint density at radius 3 is 2.36 bits per heavy atom. The van der Waals surface area contributed by atoms with E-state index in [4.69, 9.17) is 4.74 Å². The minimum atomic E-state index is -3.86. The van der Waals surface area contributed by atoms with Gasteiger partial charge in [0.25, 0.3) is 5.69 Å². The molecule has 0 atom stereocenters. The van der Waals surface area contributed by atoms with Crippen LogP contribution in [0.4, 0.5) is 5.69 Å². The molecular weight excluding hydrogens is 344 g/mol. The first-order valence-electron chi connectivity index (χ1n) is 7.69. The first-order chi connectivity index (χ1) is 11.7. The van der Waals surface area contributed by atoms with Gasteiger partial charge in [-0.2, -0.15) is 0 Å². The monoisotopic (exact) mass is 364 g/mol. The summed E-state index contributed by atoms with van der Waals surface area (Å²) in [6.07, 6.45) is 0.0567. The first-order valence-corrected chi connectivity index (χ1v) is 9.17. The van der Waals surface area contributed by atoms with E-state index in [2.05, 4.69) is 4.72 Å². The van der Waals surface area contributed by atoms with Gasteiger partial charge in [0, 0.05) is 18.7 Å². The minimum absolute atomic E-state index is 0.0567. The Bertz CT molecular complexity index is 861. The highest BCUT2D eigenvalue weighted by atomic mass is 32.2. The molecule has 0 aliphatic heterocycles. The predicted octanol–water partition coefficient (Wildman–Crippen LogP) is 3.17. The van der Waals surface area contributed by atoms with E-state index < -0.39 is 14.9 Å². The second kappa shape index (κ2) is 7.62. The van der Waals surface area contributed by atoms with Gasteiger partial charge in [-0.25, -0.2) is 13.1 Å². The molecule has 0 radical (unpaired) electrons. The summed E-state index contributed by atoms with van der Waals surface area (Å²) in [4.78, 5) is 10.1. The number of hydrogen-bond acceptors (Lipinski definition) is 5. The summed E-state index contributed by atoms with van der Waals surface area (Å²) >= 11 is 0. The van der Waals surface area contributed by atoms with E-state index in [1.54, 1.807) is 31.2 Å². The van der Waals surface area contributed by atoms with E-state index in [-0.39, 0.29) is 23.2 Å². The number of hydrogen-bond donors (Lipinski definition) is 1. The second-order valence-electron chi connectivity index (χ2n) is 5.84. The molecule has 0 spiro atoms. The molecule has 0 aliphatic carbocycles. The van der Waals surface area contributed by atoms with E-state index in [0.29, 0.717) is 11.3 Å². The number of nitrogens with one attached hydrogen (secondary N) is 1. The summed E-state index contributed by atoms with van der Waals surface area (Å²) in [5.74, 6) is 0.705. The topological polar surface area (TPSA) is 98.5 Å². The van der Waals surface area contributed by atoms with E-state index in [1.165, 1.54) is 12.1 Å². The molecule has 2 aromatic carbocycles. The Kier molecular flexibility index (Phi) is 5.76. The van der Waals surface area contributed by atoms with Crippen LogP contribution in [0.1, 0.15) is 25.0 Å². The number of rotatable bonds is 7. The van der Waals surface area contributed by atoms with Gasteiger partial charge in [-0.3, -0.25) is 10.1 Å². The van der Waals surface area contributed by atoms with Crippen molar-refractivity contribution in [2.75, 3.05) is 0 Å². The molecular formula is C17H20N2O5S. The smallest absolute Gasteiger partial charge is 0.270 e. The van der Waals surface area contributed by atoms with E-state index in [9.17, 15) is 18.5 Å². The van der Waals surface area contributed by atoms with E-state index in [0.717, 1.165) is 11.6 Å². The van der Waals surface area contributed by atoms with Crippen LogP contribution in [0.3, 0.4) is 0 Å². The van der Waals surface area contributed by atoms with Gasteiger partial charge in [0.1, 0.15) is 5.75 Å². The average Bonchev–Trinajstić information content (AvgIpc) is 2.53. The number of sulfonamides is 1. The molecule has 7 nitrogen and oxygen atoms in total. The Morgan fingerprint density at radius 1 is 1.16 bits per heavy atom. The molecule has 0 aliphatic rings. The van der Waals surface area contributed by atoms with Crippen LogP contribution in [-0.4, -0.2) is 19.4 Å². The maximum atomic E-state index is 12.5. The molecule has 0 saturated heterocycles. The van der Waals surface area contributed by atoms with E-state index in [1.807, 2.05) is 13.8 Å². The van der Waals surface area contributed by atoms with Gasteiger partial charge in [-0.15, -0.1) is 0 Å². The molecule has 2 rings (SSSR count). The predicted molar refractivity (Wildman–Crippen MR) is 94.1 cm³/mol. The molecule has 0 amide bonds. The standard InChI is InChI=1S/C17H20N2O5S/c1-12(2)24-16-8-5-14(6-9-16)11-18-25(22,23)17-10-15(19(20)21)7-4-13(17)3/h4-10,12,18H,11H2,1-3H3. The number of nitro groups is 1. The van der Waals surface area contributed by atoms with Crippen LogP contribution in [0, 0.1) is 17.0 Å². The van der Waals surface area contributed by atoms with Crippen molar-refractivity contribution in [3.05, 3.63) is 63.7 Å². The fourth-order valence-electron chi connectivity index (χ4n) is 2.21. The zero-order valence-electron chi connectivity index (χ0n) is 14.2. The molecule has 0 aromatic heterocycles. The number of non-ortho nitro benzene ring substituents is 1. The molecule has 25 heavy (non-hydrogen) atoms.